The first-order valence-electron chi connectivity index (χ1n) is 10.1. The Morgan fingerprint density at radius 2 is 1.64 bits per heavy atom. The van der Waals surface area contributed by atoms with Crippen molar-refractivity contribution in [2.75, 3.05) is 18.0 Å². The molecule has 0 radical (unpaired) electrons. The summed E-state index contributed by atoms with van der Waals surface area (Å²) in [5.74, 6) is 1.27. The van der Waals surface area contributed by atoms with E-state index in [1.807, 2.05) is 0 Å². The molecule has 1 aliphatic heterocycles. The third-order valence-electron chi connectivity index (χ3n) is 5.86. The van der Waals surface area contributed by atoms with Crippen molar-refractivity contribution in [1.82, 2.24) is 14.6 Å². The number of aromatic nitrogens is 3. The molecule has 150 valence electrons. The van der Waals surface area contributed by atoms with E-state index in [2.05, 4.69) is 63.1 Å². The van der Waals surface area contributed by atoms with Crippen LogP contribution in [0.15, 0.2) is 12.1 Å². The molecule has 0 unspecified atom stereocenters. The molecule has 0 saturated carbocycles. The molecule has 0 fully saturated rings. The lowest BCUT2D eigenvalue weighted by atomic mass is 9.94. The fraction of sp³-hybridized carbons (Fsp3) is 0.478. The Labute approximate surface area is 174 Å². The first-order valence-corrected chi connectivity index (χ1v) is 10.1. The van der Waals surface area contributed by atoms with Crippen LogP contribution in [-0.2, 0) is 6.42 Å². The summed E-state index contributed by atoms with van der Waals surface area (Å²) in [6.07, 6.45) is 3.50. The highest BCUT2D eigenvalue weighted by molar-refractivity contribution is 5.86. The zero-order valence-electron chi connectivity index (χ0n) is 17.9. The summed E-state index contributed by atoms with van der Waals surface area (Å²) in [5.41, 5.74) is 11.0. The van der Waals surface area contributed by atoms with E-state index in [0.29, 0.717) is 0 Å². The van der Waals surface area contributed by atoms with E-state index in [-0.39, 0.29) is 12.4 Å². The fourth-order valence-corrected chi connectivity index (χ4v) is 4.69. The average Bonchev–Trinajstić information content (AvgIpc) is 3.15. The minimum absolute atomic E-state index is 0. The van der Waals surface area contributed by atoms with Gasteiger partial charge in [-0.15, -0.1) is 12.4 Å². The van der Waals surface area contributed by atoms with Crippen molar-refractivity contribution in [3.63, 3.8) is 0 Å². The highest BCUT2D eigenvalue weighted by Crippen LogP contribution is 2.38. The van der Waals surface area contributed by atoms with Gasteiger partial charge in [0, 0.05) is 24.3 Å². The van der Waals surface area contributed by atoms with Crippen LogP contribution in [-0.4, -0.2) is 27.7 Å². The summed E-state index contributed by atoms with van der Waals surface area (Å²) in [5, 5.41) is 4.98. The van der Waals surface area contributed by atoms with Crippen LogP contribution in [0.5, 0.6) is 0 Å². The summed E-state index contributed by atoms with van der Waals surface area (Å²) in [7, 11) is 0. The SMILES string of the molecule is CCCCN1CCc2c(C)nc3c(-c4c(C)cc(C)cc4C)c(C)nn3c21.Cl. The molecule has 0 aliphatic carbocycles. The minimum atomic E-state index is 0. The van der Waals surface area contributed by atoms with Crippen LogP contribution in [0.4, 0.5) is 5.82 Å². The van der Waals surface area contributed by atoms with E-state index in [1.165, 1.54) is 52.0 Å². The van der Waals surface area contributed by atoms with Crippen molar-refractivity contribution in [2.24, 2.45) is 0 Å². The molecule has 5 heteroatoms. The highest BCUT2D eigenvalue weighted by Gasteiger charge is 2.28. The van der Waals surface area contributed by atoms with Gasteiger partial charge in [0.2, 0.25) is 0 Å². The summed E-state index contributed by atoms with van der Waals surface area (Å²) >= 11 is 0. The molecule has 2 aromatic heterocycles. The molecule has 3 aromatic rings. The van der Waals surface area contributed by atoms with E-state index in [1.54, 1.807) is 0 Å². The van der Waals surface area contributed by atoms with Crippen molar-refractivity contribution >= 4 is 23.9 Å². The lowest BCUT2D eigenvalue weighted by Gasteiger charge is -2.20. The van der Waals surface area contributed by atoms with Gasteiger partial charge in [0.05, 0.1) is 11.3 Å². The second-order valence-electron chi connectivity index (χ2n) is 8.06. The van der Waals surface area contributed by atoms with E-state index in [0.717, 1.165) is 36.5 Å². The molecule has 0 spiro atoms. The van der Waals surface area contributed by atoms with Crippen molar-refractivity contribution in [2.45, 2.75) is 60.8 Å². The number of benzene rings is 1. The van der Waals surface area contributed by atoms with Crippen LogP contribution in [0.3, 0.4) is 0 Å². The van der Waals surface area contributed by atoms with Crippen LogP contribution < -0.4 is 4.90 Å². The molecule has 0 atom stereocenters. The zero-order valence-corrected chi connectivity index (χ0v) is 18.7. The maximum atomic E-state index is 5.04. The molecule has 1 aliphatic rings. The molecule has 0 N–H and O–H groups in total. The Kier molecular flexibility index (Phi) is 5.72. The second kappa shape index (κ2) is 7.75. The Hall–Kier alpha value is -2.07. The van der Waals surface area contributed by atoms with Crippen LogP contribution in [0.1, 0.15) is 53.4 Å². The Bertz CT molecular complexity index is 1010. The van der Waals surface area contributed by atoms with E-state index in [4.69, 9.17) is 10.1 Å². The molecule has 4 rings (SSSR count). The topological polar surface area (TPSA) is 33.4 Å². The van der Waals surface area contributed by atoms with Crippen LogP contribution in [0.25, 0.3) is 16.8 Å². The standard InChI is InChI=1S/C23H30N4.ClH/c1-7-8-10-26-11-9-19-17(5)24-22-21(18(6)25-27(22)23(19)26)20-15(3)12-14(2)13-16(20)4;/h12-13H,7-11H2,1-6H3;1H. The Morgan fingerprint density at radius 1 is 0.964 bits per heavy atom. The number of hydrogen-bond donors (Lipinski definition) is 0. The predicted octanol–water partition coefficient (Wildman–Crippen LogP) is 5.52. The quantitative estimate of drug-likeness (QED) is 0.579. The molecule has 4 nitrogen and oxygen atoms in total. The number of halogens is 1. The van der Waals surface area contributed by atoms with E-state index < -0.39 is 0 Å². The maximum Gasteiger partial charge on any atom is 0.165 e. The van der Waals surface area contributed by atoms with Crippen LogP contribution in [0.2, 0.25) is 0 Å². The zero-order chi connectivity index (χ0) is 19.3. The van der Waals surface area contributed by atoms with E-state index in [9.17, 15) is 0 Å². The van der Waals surface area contributed by atoms with Gasteiger partial charge in [0.15, 0.2) is 5.65 Å². The smallest absolute Gasteiger partial charge is 0.165 e. The van der Waals surface area contributed by atoms with E-state index >= 15 is 0 Å². The monoisotopic (exact) mass is 398 g/mol. The lowest BCUT2D eigenvalue weighted by Crippen LogP contribution is -2.23. The van der Waals surface area contributed by atoms with Gasteiger partial charge >= 0.3 is 0 Å². The molecule has 0 amide bonds. The Balaban J connectivity index is 0.00000225. The van der Waals surface area contributed by atoms with Gasteiger partial charge in [-0.05, 0) is 64.2 Å². The number of aryl methyl sites for hydroxylation is 5. The largest absolute Gasteiger partial charge is 0.356 e. The minimum Gasteiger partial charge on any atom is -0.356 e. The van der Waals surface area contributed by atoms with Gasteiger partial charge in [-0.1, -0.05) is 31.0 Å². The number of hydrogen-bond acceptors (Lipinski definition) is 3. The summed E-state index contributed by atoms with van der Waals surface area (Å²) in [6, 6.07) is 4.53. The first kappa shape index (κ1) is 20.7. The third-order valence-corrected chi connectivity index (χ3v) is 5.86. The summed E-state index contributed by atoms with van der Waals surface area (Å²) < 4.78 is 2.12. The normalized spacial score (nSPS) is 13.1. The lowest BCUT2D eigenvalue weighted by molar-refractivity contribution is 0.720. The highest BCUT2D eigenvalue weighted by atomic mass is 35.5. The van der Waals surface area contributed by atoms with Crippen molar-refractivity contribution in [1.29, 1.82) is 0 Å². The molecular formula is C23H31ClN4. The van der Waals surface area contributed by atoms with Crippen molar-refractivity contribution in [3.8, 4) is 11.1 Å². The maximum absolute atomic E-state index is 5.04. The first-order chi connectivity index (χ1) is 12.9. The number of nitrogens with zero attached hydrogens (tertiary/aromatic N) is 4. The fourth-order valence-electron chi connectivity index (χ4n) is 4.69. The molecule has 28 heavy (non-hydrogen) atoms. The van der Waals surface area contributed by atoms with Gasteiger partial charge < -0.3 is 4.90 Å². The number of anilines is 1. The van der Waals surface area contributed by atoms with Gasteiger partial charge in [-0.3, -0.25) is 0 Å². The van der Waals surface area contributed by atoms with Crippen LogP contribution in [0, 0.1) is 34.6 Å². The molecule has 3 heterocycles. The molecule has 1 aromatic carbocycles. The average molecular weight is 399 g/mol. The van der Waals surface area contributed by atoms with Gasteiger partial charge in [-0.2, -0.15) is 9.61 Å². The number of unbranched alkanes of at least 4 members (excludes halogenated alkanes) is 1. The number of fused-ring (bicyclic) bond motifs is 3. The van der Waals surface area contributed by atoms with Crippen LogP contribution >= 0.6 is 12.4 Å². The number of rotatable bonds is 4. The van der Waals surface area contributed by atoms with Crippen molar-refractivity contribution < 1.29 is 0 Å². The third kappa shape index (κ3) is 3.18. The van der Waals surface area contributed by atoms with Gasteiger partial charge in [0.1, 0.15) is 5.82 Å². The predicted molar refractivity (Wildman–Crippen MR) is 120 cm³/mol. The molecule has 0 bridgehead atoms. The van der Waals surface area contributed by atoms with Gasteiger partial charge in [-0.25, -0.2) is 4.98 Å². The summed E-state index contributed by atoms with van der Waals surface area (Å²) in [6.45, 7) is 15.3. The molecule has 0 saturated heterocycles. The summed E-state index contributed by atoms with van der Waals surface area (Å²) in [4.78, 5) is 7.54. The molecular weight excluding hydrogens is 368 g/mol. The Morgan fingerprint density at radius 3 is 2.29 bits per heavy atom. The van der Waals surface area contributed by atoms with Crippen molar-refractivity contribution in [3.05, 3.63) is 45.8 Å². The second-order valence-corrected chi connectivity index (χ2v) is 8.06. The van der Waals surface area contributed by atoms with Gasteiger partial charge in [0.25, 0.3) is 0 Å².